The normalized spacial score (nSPS) is 10.3. The van der Waals surface area contributed by atoms with Crippen molar-refractivity contribution in [2.75, 3.05) is 12.3 Å². The maximum absolute atomic E-state index is 13.1. The Morgan fingerprint density at radius 3 is 2.94 bits per heavy atom. The maximum Gasteiger partial charge on any atom is 0.251 e. The third-order valence-electron chi connectivity index (χ3n) is 2.29. The molecule has 0 bridgehead atoms. The van der Waals surface area contributed by atoms with E-state index in [1.807, 2.05) is 5.38 Å². The van der Waals surface area contributed by atoms with Gasteiger partial charge < -0.3 is 11.1 Å². The predicted molar refractivity (Wildman–Crippen MR) is 69.0 cm³/mol. The molecule has 0 aliphatic rings. The van der Waals surface area contributed by atoms with E-state index in [1.54, 1.807) is 6.20 Å². The molecule has 0 spiro atoms. The van der Waals surface area contributed by atoms with E-state index in [2.05, 4.69) is 10.3 Å². The largest absolute Gasteiger partial charge is 0.399 e. The number of thiazole rings is 1. The molecule has 6 heteroatoms. The molecule has 2 rings (SSSR count). The van der Waals surface area contributed by atoms with Gasteiger partial charge in [0.1, 0.15) is 5.82 Å². The van der Waals surface area contributed by atoms with E-state index in [1.165, 1.54) is 23.5 Å². The highest BCUT2D eigenvalue weighted by atomic mass is 32.1. The first-order valence-electron chi connectivity index (χ1n) is 5.38. The van der Waals surface area contributed by atoms with Crippen LogP contribution in [0.15, 0.2) is 29.8 Å². The number of carbonyl (C=O) groups is 1. The highest BCUT2D eigenvalue weighted by molar-refractivity contribution is 7.09. The number of hydrogen-bond acceptors (Lipinski definition) is 4. The smallest absolute Gasteiger partial charge is 0.251 e. The van der Waals surface area contributed by atoms with Gasteiger partial charge in [-0.3, -0.25) is 4.79 Å². The Morgan fingerprint density at radius 1 is 1.44 bits per heavy atom. The van der Waals surface area contributed by atoms with Crippen LogP contribution in [-0.2, 0) is 6.42 Å². The van der Waals surface area contributed by atoms with Crippen LogP contribution >= 0.6 is 11.3 Å². The van der Waals surface area contributed by atoms with Crippen molar-refractivity contribution in [2.45, 2.75) is 6.42 Å². The molecule has 0 aliphatic carbocycles. The summed E-state index contributed by atoms with van der Waals surface area (Å²) in [5.41, 5.74) is 5.94. The van der Waals surface area contributed by atoms with Crippen LogP contribution in [0.25, 0.3) is 0 Å². The van der Waals surface area contributed by atoms with Gasteiger partial charge in [-0.05, 0) is 18.2 Å². The zero-order valence-corrected chi connectivity index (χ0v) is 10.3. The summed E-state index contributed by atoms with van der Waals surface area (Å²) in [6.45, 7) is 0.461. The number of hydrogen-bond donors (Lipinski definition) is 2. The lowest BCUT2D eigenvalue weighted by atomic mass is 10.2. The molecule has 0 fully saturated rings. The van der Waals surface area contributed by atoms with E-state index < -0.39 is 5.82 Å². The van der Waals surface area contributed by atoms with Crippen LogP contribution in [0, 0.1) is 5.82 Å². The number of nitrogens with one attached hydrogen (secondary N) is 1. The number of nitrogen functional groups attached to an aromatic ring is 1. The van der Waals surface area contributed by atoms with Gasteiger partial charge in [-0.15, -0.1) is 11.3 Å². The first-order valence-corrected chi connectivity index (χ1v) is 6.26. The predicted octanol–water partition coefficient (Wildman–Crippen LogP) is 1.84. The molecule has 1 amide bonds. The van der Waals surface area contributed by atoms with Crippen molar-refractivity contribution >= 4 is 22.9 Å². The lowest BCUT2D eigenvalue weighted by molar-refractivity contribution is 0.0953. The number of rotatable bonds is 4. The molecule has 3 N–H and O–H groups in total. The van der Waals surface area contributed by atoms with E-state index in [4.69, 9.17) is 5.73 Å². The standard InChI is InChI=1S/C12H12FN3OS/c13-9-5-8(6-10(14)7-9)12(17)16-2-1-11-15-3-4-18-11/h3-7H,1-2,14H2,(H,16,17). The topological polar surface area (TPSA) is 68.0 Å². The summed E-state index contributed by atoms with van der Waals surface area (Å²) in [5, 5.41) is 5.53. The van der Waals surface area contributed by atoms with Gasteiger partial charge in [0.05, 0.1) is 5.01 Å². The summed E-state index contributed by atoms with van der Waals surface area (Å²) in [6.07, 6.45) is 2.38. The Hall–Kier alpha value is -1.95. The number of carbonyl (C=O) groups excluding carboxylic acids is 1. The molecule has 0 unspecified atom stereocenters. The Labute approximate surface area is 108 Å². The maximum atomic E-state index is 13.1. The first kappa shape index (κ1) is 12.5. The average Bonchev–Trinajstić information content (AvgIpc) is 2.80. The Kier molecular flexibility index (Phi) is 3.88. The summed E-state index contributed by atoms with van der Waals surface area (Å²) in [7, 11) is 0. The number of nitrogens with zero attached hydrogens (tertiary/aromatic N) is 1. The lowest BCUT2D eigenvalue weighted by Crippen LogP contribution is -2.25. The molecule has 18 heavy (non-hydrogen) atoms. The van der Waals surface area contributed by atoms with Gasteiger partial charge in [0, 0.05) is 35.8 Å². The fourth-order valence-electron chi connectivity index (χ4n) is 1.50. The molecule has 1 aromatic heterocycles. The summed E-state index contributed by atoms with van der Waals surface area (Å²) in [4.78, 5) is 15.8. The van der Waals surface area contributed by atoms with Crippen LogP contribution in [0.3, 0.4) is 0 Å². The molecule has 2 aromatic rings. The zero-order valence-electron chi connectivity index (χ0n) is 9.52. The van der Waals surface area contributed by atoms with Gasteiger partial charge in [-0.2, -0.15) is 0 Å². The quantitative estimate of drug-likeness (QED) is 0.829. The molecular formula is C12H12FN3OS. The second-order valence-corrected chi connectivity index (χ2v) is 4.68. The van der Waals surface area contributed by atoms with E-state index >= 15 is 0 Å². The highest BCUT2D eigenvalue weighted by Gasteiger charge is 2.07. The number of halogens is 1. The molecule has 4 nitrogen and oxygen atoms in total. The van der Waals surface area contributed by atoms with Crippen molar-refractivity contribution in [3.05, 3.63) is 46.2 Å². The Morgan fingerprint density at radius 2 is 2.28 bits per heavy atom. The fraction of sp³-hybridized carbons (Fsp3) is 0.167. The van der Waals surface area contributed by atoms with Crippen molar-refractivity contribution < 1.29 is 9.18 Å². The average molecular weight is 265 g/mol. The van der Waals surface area contributed by atoms with Crippen LogP contribution < -0.4 is 11.1 Å². The number of amides is 1. The first-order chi connectivity index (χ1) is 8.65. The highest BCUT2D eigenvalue weighted by Crippen LogP contribution is 2.10. The van der Waals surface area contributed by atoms with Gasteiger partial charge in [0.25, 0.3) is 5.91 Å². The van der Waals surface area contributed by atoms with E-state index in [9.17, 15) is 9.18 Å². The lowest BCUT2D eigenvalue weighted by Gasteiger charge is -2.05. The number of aromatic nitrogens is 1. The molecule has 0 saturated heterocycles. The van der Waals surface area contributed by atoms with Gasteiger partial charge in [0.2, 0.25) is 0 Å². The molecule has 0 aliphatic heterocycles. The van der Waals surface area contributed by atoms with Gasteiger partial charge in [-0.25, -0.2) is 9.37 Å². The number of anilines is 1. The van der Waals surface area contributed by atoms with Crippen molar-refractivity contribution in [2.24, 2.45) is 0 Å². The van der Waals surface area contributed by atoms with Crippen molar-refractivity contribution in [1.29, 1.82) is 0 Å². The van der Waals surface area contributed by atoms with Crippen LogP contribution in [0.2, 0.25) is 0 Å². The van der Waals surface area contributed by atoms with Crippen LogP contribution in [0.4, 0.5) is 10.1 Å². The minimum absolute atomic E-state index is 0.228. The summed E-state index contributed by atoms with van der Waals surface area (Å²) in [5.74, 6) is -0.849. The van der Waals surface area contributed by atoms with Crippen molar-refractivity contribution in [3.63, 3.8) is 0 Å². The van der Waals surface area contributed by atoms with Gasteiger partial charge in [0.15, 0.2) is 0 Å². The van der Waals surface area contributed by atoms with Gasteiger partial charge >= 0.3 is 0 Å². The monoisotopic (exact) mass is 265 g/mol. The molecule has 0 radical (unpaired) electrons. The summed E-state index contributed by atoms with van der Waals surface area (Å²) in [6, 6.07) is 3.78. The van der Waals surface area contributed by atoms with E-state index in [0.29, 0.717) is 13.0 Å². The van der Waals surface area contributed by atoms with Crippen molar-refractivity contribution in [1.82, 2.24) is 10.3 Å². The molecule has 94 valence electrons. The second-order valence-electron chi connectivity index (χ2n) is 3.70. The summed E-state index contributed by atoms with van der Waals surface area (Å²) >= 11 is 1.53. The summed E-state index contributed by atoms with van der Waals surface area (Å²) < 4.78 is 13.1. The third kappa shape index (κ3) is 3.27. The molecule has 1 heterocycles. The van der Waals surface area contributed by atoms with Crippen molar-refractivity contribution in [3.8, 4) is 0 Å². The molecule has 0 saturated carbocycles. The zero-order chi connectivity index (χ0) is 13.0. The Balaban J connectivity index is 1.91. The molecule has 1 aromatic carbocycles. The second kappa shape index (κ2) is 5.59. The van der Waals surface area contributed by atoms with E-state index in [0.717, 1.165) is 11.1 Å². The third-order valence-corrected chi connectivity index (χ3v) is 3.13. The van der Waals surface area contributed by atoms with E-state index in [-0.39, 0.29) is 17.2 Å². The minimum Gasteiger partial charge on any atom is -0.399 e. The number of benzene rings is 1. The molecular weight excluding hydrogens is 253 g/mol. The Bertz CT molecular complexity index is 522. The SMILES string of the molecule is Nc1cc(F)cc(C(=O)NCCc2nccs2)c1. The molecule has 0 atom stereocenters. The number of nitrogens with two attached hydrogens (primary N) is 1. The van der Waals surface area contributed by atoms with Gasteiger partial charge in [-0.1, -0.05) is 0 Å². The van der Waals surface area contributed by atoms with Crippen LogP contribution in [-0.4, -0.2) is 17.4 Å². The van der Waals surface area contributed by atoms with Crippen LogP contribution in [0.1, 0.15) is 15.4 Å². The van der Waals surface area contributed by atoms with Crippen LogP contribution in [0.5, 0.6) is 0 Å². The minimum atomic E-state index is -0.514. The fourth-order valence-corrected chi connectivity index (χ4v) is 2.13.